The number of Topliss-reactive ketones (excluding diaryl/α,β-unsaturated/α-hetero) is 1. The van der Waals surface area contributed by atoms with Crippen molar-refractivity contribution in [1.29, 1.82) is 0 Å². The summed E-state index contributed by atoms with van der Waals surface area (Å²) >= 11 is 11.2. The Balaban J connectivity index is 0. The van der Waals surface area contributed by atoms with Crippen molar-refractivity contribution in [2.24, 2.45) is 5.73 Å². The fraction of sp³-hybridized carbons (Fsp3) is 0.486. The number of nitrogens with two attached hydrogens (primary N) is 1. The minimum absolute atomic E-state index is 0. The molecule has 0 aliphatic carbocycles. The molecule has 0 aliphatic rings. The van der Waals surface area contributed by atoms with Gasteiger partial charge in [-0.2, -0.15) is 5.10 Å². The Kier molecular flexibility index (Phi) is 22.9. The van der Waals surface area contributed by atoms with Crippen LogP contribution in [-0.2, 0) is 35.1 Å². The molecule has 51 heavy (non-hydrogen) atoms. The van der Waals surface area contributed by atoms with Crippen LogP contribution in [0.3, 0.4) is 0 Å². The molecule has 0 aliphatic heterocycles. The van der Waals surface area contributed by atoms with Crippen molar-refractivity contribution in [3.63, 3.8) is 0 Å². The van der Waals surface area contributed by atoms with Gasteiger partial charge in [0.1, 0.15) is 40.6 Å². The van der Waals surface area contributed by atoms with Crippen molar-refractivity contribution in [2.45, 2.75) is 86.0 Å². The standard InChI is InChI=1S/C15H16ClFN2O2.C8H14O3.C7H7ClFN.C5H13NO2.ClH/c1-9-11(14(20)21-15(2,3)4)8-18-19(9)10-5-6-13(17)12(16)7-10;1-6(9)5-7(10)11-8(2,3)4;8-6-3-5(4-10)1-2-7(6)9;1-6(2)5(7-3)8-4;/h5-8H,1-4H3;5H2,1-4H3;1-3H,4,10H2;5H,1-4H3;1H/p-1. The van der Waals surface area contributed by atoms with Crippen LogP contribution in [0.15, 0.2) is 42.6 Å². The lowest BCUT2D eigenvalue weighted by molar-refractivity contribution is -0.179. The first kappa shape index (κ1) is 49.9. The Hall–Kier alpha value is -3.17. The number of rotatable bonds is 8. The highest BCUT2D eigenvalue weighted by atomic mass is 35.5. The van der Waals surface area contributed by atoms with Gasteiger partial charge in [-0.15, -0.1) is 0 Å². The number of ketones is 1. The van der Waals surface area contributed by atoms with Crippen LogP contribution in [0, 0.1) is 18.6 Å². The van der Waals surface area contributed by atoms with Crippen molar-refractivity contribution in [2.75, 3.05) is 28.3 Å². The van der Waals surface area contributed by atoms with Crippen LogP contribution in [-0.4, -0.2) is 78.3 Å². The highest BCUT2D eigenvalue weighted by molar-refractivity contribution is 6.31. The smallest absolute Gasteiger partial charge is 0.342 e. The Morgan fingerprint density at radius 3 is 1.76 bits per heavy atom. The molecule has 0 bridgehead atoms. The monoisotopic (exact) mass is 781 g/mol. The number of ether oxygens (including phenoxy) is 4. The van der Waals surface area contributed by atoms with Crippen molar-refractivity contribution < 1.29 is 54.5 Å². The molecule has 1 heterocycles. The fourth-order valence-corrected chi connectivity index (χ4v) is 3.96. The van der Waals surface area contributed by atoms with E-state index in [1.165, 1.54) is 42.1 Å². The van der Waals surface area contributed by atoms with Crippen molar-refractivity contribution in [1.82, 2.24) is 14.7 Å². The first-order valence-corrected chi connectivity index (χ1v) is 16.0. The molecule has 0 fully saturated rings. The van der Waals surface area contributed by atoms with Gasteiger partial charge in [-0.25, -0.2) is 18.3 Å². The number of nitrogens with zero attached hydrogens (tertiary/aromatic N) is 3. The van der Waals surface area contributed by atoms with Gasteiger partial charge in [-0.05, 0) is 105 Å². The van der Waals surface area contributed by atoms with E-state index in [1.54, 1.807) is 74.8 Å². The highest BCUT2D eigenvalue weighted by Gasteiger charge is 2.22. The number of hydrogen-bond acceptors (Lipinski definition) is 10. The van der Waals surface area contributed by atoms with E-state index in [1.807, 2.05) is 19.0 Å². The third-order valence-electron chi connectivity index (χ3n) is 5.63. The number of hydrogen-bond donors (Lipinski definition) is 1. The zero-order valence-corrected chi connectivity index (χ0v) is 33.5. The molecule has 1 aromatic heterocycles. The molecule has 288 valence electrons. The van der Waals surface area contributed by atoms with E-state index in [2.05, 4.69) is 5.10 Å². The number of halogens is 5. The molecule has 0 saturated heterocycles. The van der Waals surface area contributed by atoms with E-state index in [-0.39, 0.29) is 41.1 Å². The second-order valence-corrected chi connectivity index (χ2v) is 13.6. The summed E-state index contributed by atoms with van der Waals surface area (Å²) in [5, 5.41) is 4.27. The molecule has 3 aromatic rings. The number of methoxy groups -OCH3 is 2. The summed E-state index contributed by atoms with van der Waals surface area (Å²) in [6, 6.07) is 8.70. The summed E-state index contributed by atoms with van der Waals surface area (Å²) in [6.45, 7) is 14.2. The predicted octanol–water partition coefficient (Wildman–Crippen LogP) is 4.30. The number of esters is 2. The molecule has 11 nitrogen and oxygen atoms in total. The van der Waals surface area contributed by atoms with Gasteiger partial charge < -0.3 is 37.1 Å². The van der Waals surface area contributed by atoms with Gasteiger partial charge in [0, 0.05) is 20.8 Å². The summed E-state index contributed by atoms with van der Waals surface area (Å²) < 4.78 is 47.1. The van der Waals surface area contributed by atoms with Gasteiger partial charge >= 0.3 is 11.9 Å². The second-order valence-electron chi connectivity index (χ2n) is 12.8. The topological polar surface area (TPSA) is 135 Å². The molecule has 2 N–H and O–H groups in total. The van der Waals surface area contributed by atoms with Crippen LogP contribution in [0.5, 0.6) is 0 Å². The molecule has 3 rings (SSSR count). The van der Waals surface area contributed by atoms with Crippen LogP contribution in [0.1, 0.15) is 76.5 Å². The quantitative estimate of drug-likeness (QED) is 0.200. The third-order valence-corrected chi connectivity index (χ3v) is 6.21. The molecule has 0 amide bonds. The molecule has 2 aromatic carbocycles. The van der Waals surface area contributed by atoms with Crippen molar-refractivity contribution in [3.05, 3.63) is 81.1 Å². The summed E-state index contributed by atoms with van der Waals surface area (Å²) in [5.41, 5.74) is 6.60. The maximum atomic E-state index is 13.2. The Bertz CT molecular complexity index is 1540. The van der Waals surface area contributed by atoms with Crippen LogP contribution < -0.4 is 18.1 Å². The molecular weight excluding hydrogens is 733 g/mol. The number of carbonyl (C=O) groups is 3. The van der Waals surface area contributed by atoms with Crippen LogP contribution in [0.2, 0.25) is 10.0 Å². The van der Waals surface area contributed by atoms with Gasteiger partial charge in [0.05, 0.1) is 27.6 Å². The molecule has 0 unspecified atom stereocenters. The van der Waals surface area contributed by atoms with E-state index in [4.69, 9.17) is 47.9 Å². The average molecular weight is 783 g/mol. The normalized spacial score (nSPS) is 10.8. The molecular formula is C35H50Cl3F2N4O7-. The van der Waals surface area contributed by atoms with E-state index in [0.29, 0.717) is 23.5 Å². The first-order valence-electron chi connectivity index (χ1n) is 15.3. The summed E-state index contributed by atoms with van der Waals surface area (Å²) in [6.07, 6.45) is 1.09. The molecule has 0 atom stereocenters. The van der Waals surface area contributed by atoms with Gasteiger partial charge in [0.15, 0.2) is 0 Å². The summed E-state index contributed by atoms with van der Waals surface area (Å²) in [7, 11) is 6.98. The Morgan fingerprint density at radius 2 is 1.39 bits per heavy atom. The van der Waals surface area contributed by atoms with E-state index < -0.39 is 34.8 Å². The van der Waals surface area contributed by atoms with E-state index >= 15 is 0 Å². The highest BCUT2D eigenvalue weighted by Crippen LogP contribution is 2.22. The zero-order valence-electron chi connectivity index (χ0n) is 31.2. The zero-order chi connectivity index (χ0) is 39.0. The fourth-order valence-electron chi connectivity index (χ4n) is 3.59. The molecule has 0 spiro atoms. The maximum absolute atomic E-state index is 13.2. The van der Waals surface area contributed by atoms with E-state index in [9.17, 15) is 23.2 Å². The average Bonchev–Trinajstić information content (AvgIpc) is 3.36. The van der Waals surface area contributed by atoms with Crippen molar-refractivity contribution in [3.8, 4) is 5.69 Å². The van der Waals surface area contributed by atoms with Crippen LogP contribution >= 0.6 is 23.2 Å². The van der Waals surface area contributed by atoms with Gasteiger partial charge in [0.2, 0.25) is 6.41 Å². The predicted molar refractivity (Wildman–Crippen MR) is 190 cm³/mol. The summed E-state index contributed by atoms with van der Waals surface area (Å²) in [4.78, 5) is 35.2. The largest absolute Gasteiger partial charge is 1.00 e. The van der Waals surface area contributed by atoms with Crippen LogP contribution in [0.25, 0.3) is 5.69 Å². The molecule has 0 saturated carbocycles. The van der Waals surface area contributed by atoms with Gasteiger partial charge in [-0.3, -0.25) is 14.5 Å². The van der Waals surface area contributed by atoms with Crippen molar-refractivity contribution >= 4 is 40.9 Å². The molecule has 16 heteroatoms. The van der Waals surface area contributed by atoms with Crippen LogP contribution in [0.4, 0.5) is 8.78 Å². The minimum atomic E-state index is -0.579. The maximum Gasteiger partial charge on any atom is 0.342 e. The SMILES string of the molecule is CC(=O)CC(=O)OC(C)(C)C.COC(OC)N(C)C.Cc1c(C(=O)OC(C)(C)C)cnn1-c1ccc(F)c(Cl)c1.NCc1ccc(F)c(Cl)c1.[Cl-]. The van der Waals surface area contributed by atoms with Gasteiger partial charge in [0.25, 0.3) is 0 Å². The lowest BCUT2D eigenvalue weighted by Gasteiger charge is -2.19. The first-order chi connectivity index (χ1) is 23.0. The minimum Gasteiger partial charge on any atom is -1.00 e. The van der Waals surface area contributed by atoms with Gasteiger partial charge in [-0.1, -0.05) is 29.3 Å². The Labute approximate surface area is 316 Å². The van der Waals surface area contributed by atoms with E-state index in [0.717, 1.165) is 5.56 Å². The number of aromatic nitrogens is 2. The molecule has 0 radical (unpaired) electrons. The second kappa shape index (κ2) is 23.4. The number of carbonyl (C=O) groups excluding carboxylic acids is 3. The lowest BCUT2D eigenvalue weighted by Crippen LogP contribution is -3.00. The summed E-state index contributed by atoms with van der Waals surface area (Å²) in [5.74, 6) is -1.97. The Morgan fingerprint density at radius 1 is 0.902 bits per heavy atom. The lowest BCUT2D eigenvalue weighted by atomic mass is 10.2. The number of benzene rings is 2. The third kappa shape index (κ3) is 20.5.